The van der Waals surface area contributed by atoms with Crippen LogP contribution in [0.2, 0.25) is 0 Å². The fraction of sp³-hybridized carbons (Fsp3) is 0.417. The Bertz CT molecular complexity index is 330. The number of halogens is 1. The van der Waals surface area contributed by atoms with E-state index in [9.17, 15) is 9.90 Å². The minimum absolute atomic E-state index is 0.0126. The maximum absolute atomic E-state index is 11.6. The summed E-state index contributed by atoms with van der Waals surface area (Å²) in [6.07, 6.45) is -0.528. The number of rotatable bonds is 4. The van der Waals surface area contributed by atoms with E-state index in [2.05, 4.69) is 22.6 Å². The Hall–Kier alpha value is -0.420. The second kappa shape index (κ2) is 5.61. The summed E-state index contributed by atoms with van der Waals surface area (Å²) in [5.41, 5.74) is 0.958. The number of carbonyl (C=O) groups excluding carboxylic acids is 1. The summed E-state index contributed by atoms with van der Waals surface area (Å²) in [5.74, 6) is -0.118. The van der Waals surface area contributed by atoms with Gasteiger partial charge in [0, 0.05) is 9.99 Å². The van der Waals surface area contributed by atoms with Crippen LogP contribution >= 0.6 is 22.6 Å². The minimum atomic E-state index is -0.843. The van der Waals surface area contributed by atoms with Crippen LogP contribution in [0.1, 0.15) is 19.4 Å². The van der Waals surface area contributed by atoms with Crippen LogP contribution in [0.3, 0.4) is 0 Å². The average Bonchev–Trinajstić information content (AvgIpc) is 2.20. The molecule has 1 rings (SSSR count). The van der Waals surface area contributed by atoms with Crippen molar-refractivity contribution in [1.82, 2.24) is 0 Å². The highest BCUT2D eigenvalue weighted by Gasteiger charge is 2.18. The van der Waals surface area contributed by atoms with Gasteiger partial charge in [-0.15, -0.1) is 0 Å². The topological polar surface area (TPSA) is 37.3 Å². The Morgan fingerprint density at radius 2 is 1.87 bits per heavy atom. The van der Waals surface area contributed by atoms with Crippen molar-refractivity contribution in [1.29, 1.82) is 0 Å². The van der Waals surface area contributed by atoms with Crippen LogP contribution < -0.4 is 0 Å². The molecule has 0 fully saturated rings. The zero-order valence-corrected chi connectivity index (χ0v) is 11.1. The van der Waals surface area contributed by atoms with Gasteiger partial charge in [0.05, 0.1) is 0 Å². The molecule has 2 nitrogen and oxygen atoms in total. The quantitative estimate of drug-likeness (QED) is 0.866. The first kappa shape index (κ1) is 12.6. The first-order valence-electron chi connectivity index (χ1n) is 4.96. The van der Waals surface area contributed by atoms with Gasteiger partial charge < -0.3 is 5.11 Å². The van der Waals surface area contributed by atoms with Crippen molar-refractivity contribution < 1.29 is 9.90 Å². The van der Waals surface area contributed by atoms with E-state index in [4.69, 9.17) is 0 Å². The van der Waals surface area contributed by atoms with Gasteiger partial charge in [-0.1, -0.05) is 26.0 Å². The van der Waals surface area contributed by atoms with Crippen LogP contribution in [0.5, 0.6) is 0 Å². The van der Waals surface area contributed by atoms with Crippen molar-refractivity contribution in [3.8, 4) is 0 Å². The smallest absolute Gasteiger partial charge is 0.165 e. The van der Waals surface area contributed by atoms with E-state index in [1.807, 2.05) is 38.1 Å². The summed E-state index contributed by atoms with van der Waals surface area (Å²) in [7, 11) is 0. The van der Waals surface area contributed by atoms with E-state index < -0.39 is 6.10 Å². The predicted octanol–water partition coefficient (Wildman–Crippen LogP) is 2.42. The number of Topliss-reactive ketones (excluding diaryl/α,β-unsaturated/α-hetero) is 1. The Morgan fingerprint density at radius 3 is 2.33 bits per heavy atom. The molecule has 1 atom stereocenters. The van der Waals surface area contributed by atoms with Gasteiger partial charge in [-0.05, 0) is 46.2 Å². The number of hydrogen-bond acceptors (Lipinski definition) is 2. The normalized spacial score (nSPS) is 12.9. The van der Waals surface area contributed by atoms with Gasteiger partial charge in [-0.2, -0.15) is 0 Å². The molecule has 1 aromatic rings. The van der Waals surface area contributed by atoms with Crippen LogP contribution in [0, 0.1) is 9.49 Å². The first-order valence-corrected chi connectivity index (χ1v) is 6.04. The van der Waals surface area contributed by atoms with Crippen molar-refractivity contribution in [3.63, 3.8) is 0 Å². The highest BCUT2D eigenvalue weighted by atomic mass is 127. The summed E-state index contributed by atoms with van der Waals surface area (Å²) in [5, 5.41) is 9.56. The lowest BCUT2D eigenvalue weighted by molar-refractivity contribution is -0.128. The van der Waals surface area contributed by atoms with Crippen molar-refractivity contribution in [2.24, 2.45) is 5.92 Å². The molecular formula is C12H15IO2. The average molecular weight is 318 g/mol. The maximum atomic E-state index is 11.6. The van der Waals surface area contributed by atoms with E-state index in [1.54, 1.807) is 0 Å². The summed E-state index contributed by atoms with van der Waals surface area (Å²) < 4.78 is 1.15. The Morgan fingerprint density at radius 1 is 1.33 bits per heavy atom. The fourth-order valence-electron chi connectivity index (χ4n) is 1.28. The molecule has 0 spiro atoms. The number of carbonyl (C=O) groups is 1. The number of benzene rings is 1. The van der Waals surface area contributed by atoms with E-state index in [0.29, 0.717) is 6.42 Å². The van der Waals surface area contributed by atoms with E-state index in [1.165, 1.54) is 0 Å². The SMILES string of the molecule is CC(C)C(O)C(=O)Cc1ccc(I)cc1. The second-order valence-electron chi connectivity index (χ2n) is 3.96. The summed E-state index contributed by atoms with van der Waals surface area (Å²) in [6, 6.07) is 7.77. The molecule has 82 valence electrons. The molecule has 1 aromatic carbocycles. The lowest BCUT2D eigenvalue weighted by Gasteiger charge is -2.12. The zero-order chi connectivity index (χ0) is 11.4. The third kappa shape index (κ3) is 3.91. The Labute approximate surface area is 104 Å². The molecule has 0 aromatic heterocycles. The lowest BCUT2D eigenvalue weighted by Crippen LogP contribution is -2.27. The van der Waals surface area contributed by atoms with Gasteiger partial charge in [0.2, 0.25) is 0 Å². The molecule has 0 saturated carbocycles. The summed E-state index contributed by atoms with van der Waals surface area (Å²) in [4.78, 5) is 11.6. The van der Waals surface area contributed by atoms with Crippen LogP contribution in [-0.2, 0) is 11.2 Å². The summed E-state index contributed by atoms with van der Waals surface area (Å²) >= 11 is 2.22. The molecular weight excluding hydrogens is 303 g/mol. The van der Waals surface area contributed by atoms with Gasteiger partial charge in [-0.25, -0.2) is 0 Å². The van der Waals surface area contributed by atoms with Gasteiger partial charge in [0.25, 0.3) is 0 Å². The Kier molecular flexibility index (Phi) is 4.73. The van der Waals surface area contributed by atoms with Gasteiger partial charge in [0.15, 0.2) is 5.78 Å². The molecule has 0 aliphatic carbocycles. The van der Waals surface area contributed by atoms with Crippen molar-refractivity contribution in [3.05, 3.63) is 33.4 Å². The van der Waals surface area contributed by atoms with Gasteiger partial charge in [-0.3, -0.25) is 4.79 Å². The maximum Gasteiger partial charge on any atom is 0.165 e. The number of hydrogen-bond donors (Lipinski definition) is 1. The summed E-state index contributed by atoms with van der Waals surface area (Å²) in [6.45, 7) is 3.69. The minimum Gasteiger partial charge on any atom is -0.385 e. The number of ketones is 1. The van der Waals surface area contributed by atoms with E-state index >= 15 is 0 Å². The highest BCUT2D eigenvalue weighted by molar-refractivity contribution is 14.1. The molecule has 0 heterocycles. The molecule has 15 heavy (non-hydrogen) atoms. The number of aliphatic hydroxyl groups excluding tert-OH is 1. The number of aliphatic hydroxyl groups is 1. The third-order valence-electron chi connectivity index (χ3n) is 2.25. The molecule has 0 aliphatic rings. The van der Waals surface area contributed by atoms with E-state index in [0.717, 1.165) is 9.13 Å². The third-order valence-corrected chi connectivity index (χ3v) is 2.97. The van der Waals surface area contributed by atoms with Crippen molar-refractivity contribution in [2.75, 3.05) is 0 Å². The zero-order valence-electron chi connectivity index (χ0n) is 8.90. The molecule has 0 aliphatic heterocycles. The largest absolute Gasteiger partial charge is 0.385 e. The monoisotopic (exact) mass is 318 g/mol. The van der Waals surface area contributed by atoms with E-state index in [-0.39, 0.29) is 11.7 Å². The van der Waals surface area contributed by atoms with Gasteiger partial charge >= 0.3 is 0 Å². The predicted molar refractivity (Wildman–Crippen MR) is 68.7 cm³/mol. The lowest BCUT2D eigenvalue weighted by atomic mass is 9.98. The molecule has 3 heteroatoms. The van der Waals surface area contributed by atoms with Crippen molar-refractivity contribution >= 4 is 28.4 Å². The molecule has 0 amide bonds. The van der Waals surface area contributed by atoms with Crippen molar-refractivity contribution in [2.45, 2.75) is 26.4 Å². The van der Waals surface area contributed by atoms with Crippen LogP contribution in [0.15, 0.2) is 24.3 Å². The molecule has 0 bridgehead atoms. The highest BCUT2D eigenvalue weighted by Crippen LogP contribution is 2.10. The molecule has 1 unspecified atom stereocenters. The molecule has 1 N–H and O–H groups in total. The fourth-order valence-corrected chi connectivity index (χ4v) is 1.64. The van der Waals surface area contributed by atoms with Crippen LogP contribution in [-0.4, -0.2) is 17.0 Å². The molecule has 0 radical (unpaired) electrons. The van der Waals surface area contributed by atoms with Gasteiger partial charge in [0.1, 0.15) is 6.10 Å². The first-order chi connectivity index (χ1) is 7.00. The standard InChI is InChI=1S/C12H15IO2/c1-8(2)12(15)11(14)7-9-3-5-10(13)6-4-9/h3-6,8,12,15H,7H2,1-2H3. The Balaban J connectivity index is 2.62. The second-order valence-corrected chi connectivity index (χ2v) is 5.20. The molecule has 0 saturated heterocycles. The van der Waals surface area contributed by atoms with Crippen LogP contribution in [0.4, 0.5) is 0 Å². The van der Waals surface area contributed by atoms with Crippen LogP contribution in [0.25, 0.3) is 0 Å².